The van der Waals surface area contributed by atoms with Crippen molar-refractivity contribution in [1.82, 2.24) is 0 Å². The zero-order valence-corrected chi connectivity index (χ0v) is 11.4. The largest absolute Gasteiger partial charge is 0.454 e. The lowest BCUT2D eigenvalue weighted by Gasteiger charge is -2.12. The van der Waals surface area contributed by atoms with Crippen LogP contribution >= 0.6 is 0 Å². The Balaban J connectivity index is 1.63. The van der Waals surface area contributed by atoms with Crippen molar-refractivity contribution in [1.29, 1.82) is 0 Å². The lowest BCUT2D eigenvalue weighted by Crippen LogP contribution is -2.37. The normalized spacial score (nSPS) is 13.8. The van der Waals surface area contributed by atoms with E-state index < -0.39 is 6.04 Å². The fourth-order valence-electron chi connectivity index (χ4n) is 2.17. The van der Waals surface area contributed by atoms with Crippen molar-refractivity contribution < 1.29 is 14.3 Å². The molecule has 2 aromatic rings. The van der Waals surface area contributed by atoms with E-state index in [0.29, 0.717) is 23.6 Å². The summed E-state index contributed by atoms with van der Waals surface area (Å²) in [6.45, 7) is 0.209. The van der Waals surface area contributed by atoms with Crippen LogP contribution in [0.1, 0.15) is 5.56 Å². The maximum absolute atomic E-state index is 12.1. The van der Waals surface area contributed by atoms with Gasteiger partial charge in [-0.25, -0.2) is 0 Å². The second-order valence-electron chi connectivity index (χ2n) is 4.85. The summed E-state index contributed by atoms with van der Waals surface area (Å²) in [6, 6.07) is 14.4. The molecule has 1 atom stereocenters. The number of ether oxygens (including phenoxy) is 2. The smallest absolute Gasteiger partial charge is 0.241 e. The van der Waals surface area contributed by atoms with Gasteiger partial charge in [0.05, 0.1) is 6.04 Å². The molecule has 0 aliphatic carbocycles. The molecule has 0 aromatic heterocycles. The molecule has 3 N–H and O–H groups in total. The highest BCUT2D eigenvalue weighted by molar-refractivity contribution is 5.95. The van der Waals surface area contributed by atoms with E-state index in [1.54, 1.807) is 18.2 Å². The van der Waals surface area contributed by atoms with Crippen molar-refractivity contribution in [2.45, 2.75) is 12.5 Å². The van der Waals surface area contributed by atoms with Crippen molar-refractivity contribution in [3.8, 4) is 11.5 Å². The predicted molar refractivity (Wildman–Crippen MR) is 79.3 cm³/mol. The average Bonchev–Trinajstić information content (AvgIpc) is 2.95. The maximum Gasteiger partial charge on any atom is 0.241 e. The van der Waals surface area contributed by atoms with Gasteiger partial charge in [0.25, 0.3) is 0 Å². The SMILES string of the molecule is NC(Cc1ccccc1)C(=O)Nc1ccc2c(c1)OCO2. The minimum absolute atomic E-state index is 0.209. The van der Waals surface area contributed by atoms with Crippen molar-refractivity contribution >= 4 is 11.6 Å². The Labute approximate surface area is 122 Å². The first-order chi connectivity index (χ1) is 10.2. The van der Waals surface area contributed by atoms with E-state index in [9.17, 15) is 4.79 Å². The Morgan fingerprint density at radius 3 is 2.71 bits per heavy atom. The van der Waals surface area contributed by atoms with Crippen LogP contribution in [-0.2, 0) is 11.2 Å². The Hall–Kier alpha value is -2.53. The number of fused-ring (bicyclic) bond motifs is 1. The molecule has 2 aromatic carbocycles. The van der Waals surface area contributed by atoms with E-state index >= 15 is 0 Å². The number of carbonyl (C=O) groups excluding carboxylic acids is 1. The second-order valence-corrected chi connectivity index (χ2v) is 4.85. The molecule has 1 amide bonds. The molecular weight excluding hydrogens is 268 g/mol. The van der Waals surface area contributed by atoms with E-state index in [4.69, 9.17) is 15.2 Å². The fourth-order valence-corrected chi connectivity index (χ4v) is 2.17. The van der Waals surface area contributed by atoms with Crippen LogP contribution in [0, 0.1) is 0 Å². The number of anilines is 1. The number of hydrogen-bond donors (Lipinski definition) is 2. The van der Waals surface area contributed by atoms with Gasteiger partial charge >= 0.3 is 0 Å². The Bertz CT molecular complexity index is 643. The molecule has 0 bridgehead atoms. The van der Waals surface area contributed by atoms with Crippen LogP contribution in [-0.4, -0.2) is 18.7 Å². The number of hydrogen-bond acceptors (Lipinski definition) is 4. The van der Waals surface area contributed by atoms with Crippen LogP contribution in [0.2, 0.25) is 0 Å². The molecule has 21 heavy (non-hydrogen) atoms. The second kappa shape index (κ2) is 5.85. The minimum Gasteiger partial charge on any atom is -0.454 e. The third-order valence-corrected chi connectivity index (χ3v) is 3.28. The highest BCUT2D eigenvalue weighted by atomic mass is 16.7. The summed E-state index contributed by atoms with van der Waals surface area (Å²) in [5, 5.41) is 2.79. The molecule has 1 aliphatic heterocycles. The number of rotatable bonds is 4. The summed E-state index contributed by atoms with van der Waals surface area (Å²) in [4.78, 5) is 12.1. The van der Waals surface area contributed by atoms with Crippen LogP contribution in [0.25, 0.3) is 0 Å². The number of amides is 1. The highest BCUT2D eigenvalue weighted by Crippen LogP contribution is 2.34. The topological polar surface area (TPSA) is 73.6 Å². The average molecular weight is 284 g/mol. The standard InChI is InChI=1S/C16H16N2O3/c17-13(8-11-4-2-1-3-5-11)16(19)18-12-6-7-14-15(9-12)21-10-20-14/h1-7,9,13H,8,10,17H2,(H,18,19). The van der Waals surface area contributed by atoms with E-state index in [1.165, 1.54) is 0 Å². The van der Waals surface area contributed by atoms with Gasteiger partial charge in [0, 0.05) is 11.8 Å². The van der Waals surface area contributed by atoms with Gasteiger partial charge in [0.1, 0.15) is 0 Å². The van der Waals surface area contributed by atoms with Gasteiger partial charge in [0.2, 0.25) is 12.7 Å². The molecule has 108 valence electrons. The molecule has 0 saturated carbocycles. The van der Waals surface area contributed by atoms with E-state index in [2.05, 4.69) is 5.32 Å². The zero-order valence-electron chi connectivity index (χ0n) is 11.4. The fraction of sp³-hybridized carbons (Fsp3) is 0.188. The molecule has 0 spiro atoms. The lowest BCUT2D eigenvalue weighted by atomic mass is 10.1. The van der Waals surface area contributed by atoms with Crippen LogP contribution in [0.4, 0.5) is 5.69 Å². The minimum atomic E-state index is -0.599. The van der Waals surface area contributed by atoms with Gasteiger partial charge in [-0.2, -0.15) is 0 Å². The summed E-state index contributed by atoms with van der Waals surface area (Å²) < 4.78 is 10.5. The number of nitrogens with one attached hydrogen (secondary N) is 1. The monoisotopic (exact) mass is 284 g/mol. The van der Waals surface area contributed by atoms with Gasteiger partial charge in [0.15, 0.2) is 11.5 Å². The van der Waals surface area contributed by atoms with E-state index in [0.717, 1.165) is 5.56 Å². The molecule has 0 fully saturated rings. The van der Waals surface area contributed by atoms with Crippen LogP contribution in [0.3, 0.4) is 0 Å². The zero-order chi connectivity index (χ0) is 14.7. The molecule has 0 radical (unpaired) electrons. The van der Waals surface area contributed by atoms with Crippen molar-refractivity contribution in [2.24, 2.45) is 5.73 Å². The Morgan fingerprint density at radius 1 is 1.14 bits per heavy atom. The molecule has 0 saturated heterocycles. The molecular formula is C16H16N2O3. The molecule has 5 nitrogen and oxygen atoms in total. The molecule has 1 unspecified atom stereocenters. The Morgan fingerprint density at radius 2 is 1.90 bits per heavy atom. The first kappa shape index (κ1) is 13.5. The maximum atomic E-state index is 12.1. The Kier molecular flexibility index (Phi) is 3.75. The number of nitrogens with two attached hydrogens (primary N) is 1. The van der Waals surface area contributed by atoms with Crippen LogP contribution < -0.4 is 20.5 Å². The highest BCUT2D eigenvalue weighted by Gasteiger charge is 2.17. The summed E-state index contributed by atoms with van der Waals surface area (Å²) in [5.41, 5.74) is 7.62. The molecule has 1 aliphatic rings. The predicted octanol–water partition coefficient (Wildman–Crippen LogP) is 1.92. The van der Waals surface area contributed by atoms with Gasteiger partial charge in [-0.1, -0.05) is 30.3 Å². The molecule has 5 heteroatoms. The van der Waals surface area contributed by atoms with E-state index in [-0.39, 0.29) is 12.7 Å². The van der Waals surface area contributed by atoms with Gasteiger partial charge in [-0.3, -0.25) is 4.79 Å². The summed E-state index contributed by atoms with van der Waals surface area (Å²) in [6.07, 6.45) is 0.497. The molecule has 1 heterocycles. The van der Waals surface area contributed by atoms with Gasteiger partial charge < -0.3 is 20.5 Å². The molecule has 3 rings (SSSR count). The van der Waals surface area contributed by atoms with Crippen molar-refractivity contribution in [2.75, 3.05) is 12.1 Å². The summed E-state index contributed by atoms with van der Waals surface area (Å²) in [5.74, 6) is 1.09. The third-order valence-electron chi connectivity index (χ3n) is 3.28. The van der Waals surface area contributed by atoms with Crippen LogP contribution in [0.5, 0.6) is 11.5 Å². The van der Waals surface area contributed by atoms with Crippen LogP contribution in [0.15, 0.2) is 48.5 Å². The summed E-state index contributed by atoms with van der Waals surface area (Å²) in [7, 11) is 0. The number of carbonyl (C=O) groups is 1. The van der Waals surface area contributed by atoms with Gasteiger partial charge in [-0.05, 0) is 24.1 Å². The van der Waals surface area contributed by atoms with Crippen molar-refractivity contribution in [3.05, 3.63) is 54.1 Å². The first-order valence-corrected chi connectivity index (χ1v) is 6.72. The van der Waals surface area contributed by atoms with Gasteiger partial charge in [-0.15, -0.1) is 0 Å². The van der Waals surface area contributed by atoms with E-state index in [1.807, 2.05) is 30.3 Å². The lowest BCUT2D eigenvalue weighted by molar-refractivity contribution is -0.117. The summed E-state index contributed by atoms with van der Waals surface area (Å²) >= 11 is 0. The van der Waals surface area contributed by atoms with Crippen molar-refractivity contribution in [3.63, 3.8) is 0 Å². The quantitative estimate of drug-likeness (QED) is 0.899. The third kappa shape index (κ3) is 3.14. The number of benzene rings is 2. The first-order valence-electron chi connectivity index (χ1n) is 6.72.